The summed E-state index contributed by atoms with van der Waals surface area (Å²) in [4.78, 5) is 36.1. The Hall–Kier alpha value is -4.99. The second-order valence-corrected chi connectivity index (χ2v) is 13.4. The van der Waals surface area contributed by atoms with Crippen molar-refractivity contribution in [3.8, 4) is 0 Å². The molecule has 242 valence electrons. The van der Waals surface area contributed by atoms with Crippen molar-refractivity contribution in [2.75, 3.05) is 17.2 Å². The number of nitrogens with one attached hydrogen (secondary N) is 3. The molecule has 2 aromatic heterocycles. The van der Waals surface area contributed by atoms with Crippen LogP contribution in [0, 0.1) is 10.1 Å². The van der Waals surface area contributed by atoms with E-state index < -0.39 is 37.6 Å². The minimum Gasteiger partial charge on any atom is -0.455 e. The standard InChI is InChI=1S/C30H32N6O9S/c1-30(2,44-24(37)10-5-13-31-22-11-12-23(36(39)40)28-27(22)33-45-34-28)19-15-25(43-16-19)46(41,42)35-29(38)32-26-20-8-3-6-17(20)14-18-7-4-9-21(18)26/h11-12,14-16,31H,3-10,13H2,1-2H3,(H2,32,35,38). The predicted octanol–water partition coefficient (Wildman–Crippen LogP) is 4.88. The maximum absolute atomic E-state index is 13.0. The van der Waals surface area contributed by atoms with E-state index in [-0.39, 0.29) is 28.7 Å². The van der Waals surface area contributed by atoms with Gasteiger partial charge in [0.05, 0.1) is 16.9 Å². The van der Waals surface area contributed by atoms with Crippen molar-refractivity contribution in [1.29, 1.82) is 0 Å². The van der Waals surface area contributed by atoms with Crippen LogP contribution in [0.3, 0.4) is 0 Å². The largest absolute Gasteiger partial charge is 0.455 e. The second kappa shape index (κ2) is 12.1. The number of urea groups is 1. The van der Waals surface area contributed by atoms with E-state index in [0.717, 1.165) is 55.3 Å². The summed E-state index contributed by atoms with van der Waals surface area (Å²) in [6.07, 6.45) is 7.06. The number of esters is 1. The molecule has 0 atom stereocenters. The lowest BCUT2D eigenvalue weighted by Gasteiger charge is -2.23. The number of hydrogen-bond acceptors (Lipinski definition) is 12. The number of carbonyl (C=O) groups excluding carboxylic acids is 2. The lowest BCUT2D eigenvalue weighted by atomic mass is 9.99. The molecular formula is C30H32N6O9S. The third-order valence-electron chi connectivity index (χ3n) is 8.31. The van der Waals surface area contributed by atoms with Crippen LogP contribution in [0.15, 0.2) is 44.7 Å². The van der Waals surface area contributed by atoms with Gasteiger partial charge in [-0.2, -0.15) is 8.42 Å². The molecule has 0 bridgehead atoms. The Morgan fingerprint density at radius 3 is 2.43 bits per heavy atom. The smallest absolute Gasteiger partial charge is 0.333 e. The van der Waals surface area contributed by atoms with Gasteiger partial charge in [0, 0.05) is 36.3 Å². The van der Waals surface area contributed by atoms with Crippen molar-refractivity contribution in [3.63, 3.8) is 0 Å². The molecule has 4 aromatic rings. The van der Waals surface area contributed by atoms with Gasteiger partial charge in [-0.3, -0.25) is 14.9 Å². The number of aromatic nitrogens is 2. The molecule has 15 nitrogen and oxygen atoms in total. The van der Waals surface area contributed by atoms with E-state index in [2.05, 4.69) is 31.6 Å². The van der Waals surface area contributed by atoms with Crippen LogP contribution in [0.1, 0.15) is 67.3 Å². The number of ether oxygens (including phenoxy) is 1. The molecule has 2 heterocycles. The molecule has 3 N–H and O–H groups in total. The Balaban J connectivity index is 1.03. The van der Waals surface area contributed by atoms with Crippen LogP contribution in [-0.2, 0) is 50.8 Å². The van der Waals surface area contributed by atoms with Gasteiger partial charge in [-0.05, 0) is 97.4 Å². The lowest BCUT2D eigenvalue weighted by Crippen LogP contribution is -2.34. The molecule has 0 unspecified atom stereocenters. The number of hydrogen-bond donors (Lipinski definition) is 3. The highest BCUT2D eigenvalue weighted by molar-refractivity contribution is 7.89. The van der Waals surface area contributed by atoms with E-state index in [1.807, 2.05) is 4.72 Å². The van der Waals surface area contributed by atoms with Crippen molar-refractivity contribution in [2.45, 2.75) is 75.9 Å². The highest BCUT2D eigenvalue weighted by Crippen LogP contribution is 2.39. The van der Waals surface area contributed by atoms with Gasteiger partial charge in [0.1, 0.15) is 5.60 Å². The maximum Gasteiger partial charge on any atom is 0.333 e. The van der Waals surface area contributed by atoms with Gasteiger partial charge in [-0.15, -0.1) is 0 Å². The number of nitrogens with zero attached hydrogens (tertiary/aromatic N) is 3. The molecule has 16 heteroatoms. The molecule has 0 aliphatic heterocycles. The quantitative estimate of drug-likeness (QED) is 0.0857. The van der Waals surface area contributed by atoms with Gasteiger partial charge in [0.2, 0.25) is 10.6 Å². The summed E-state index contributed by atoms with van der Waals surface area (Å²) < 4.78 is 43.7. The number of non-ortho nitro benzene ring substituents is 1. The van der Waals surface area contributed by atoms with Crippen LogP contribution in [-0.4, -0.2) is 42.2 Å². The molecule has 6 rings (SSSR count). The van der Waals surface area contributed by atoms with Gasteiger partial charge in [0.25, 0.3) is 10.0 Å². The lowest BCUT2D eigenvalue weighted by molar-refractivity contribution is -0.383. The molecule has 46 heavy (non-hydrogen) atoms. The van der Waals surface area contributed by atoms with Crippen LogP contribution < -0.4 is 15.4 Å². The van der Waals surface area contributed by atoms with Gasteiger partial charge < -0.3 is 19.8 Å². The molecule has 2 aromatic carbocycles. The SMILES string of the molecule is CC(C)(OC(=O)CCCNc1ccc([N+](=O)[O-])c2nonc12)c1coc(S(=O)(=O)NC(=O)Nc2c3c(cc4c2CCC4)CCC3)c1. The summed E-state index contributed by atoms with van der Waals surface area (Å²) in [5.41, 5.74) is 4.74. The van der Waals surface area contributed by atoms with E-state index in [4.69, 9.17) is 9.15 Å². The van der Waals surface area contributed by atoms with E-state index >= 15 is 0 Å². The number of aryl methyl sites for hydroxylation is 2. The maximum atomic E-state index is 13.0. The first-order valence-electron chi connectivity index (χ1n) is 14.9. The number of amides is 2. The van der Waals surface area contributed by atoms with Crippen molar-refractivity contribution in [2.24, 2.45) is 0 Å². The Morgan fingerprint density at radius 1 is 1.04 bits per heavy atom. The van der Waals surface area contributed by atoms with Gasteiger partial charge in [-0.25, -0.2) is 14.1 Å². The average Bonchev–Trinajstić information content (AvgIpc) is 3.81. The number of fused-ring (bicyclic) bond motifs is 3. The normalized spacial score (nSPS) is 14.1. The fraction of sp³-hybridized carbons (Fsp3) is 0.400. The first-order valence-corrected chi connectivity index (χ1v) is 16.4. The molecule has 2 amide bonds. The Morgan fingerprint density at radius 2 is 1.74 bits per heavy atom. The number of rotatable bonds is 11. The zero-order chi connectivity index (χ0) is 32.6. The summed E-state index contributed by atoms with van der Waals surface area (Å²) in [7, 11) is -4.37. The van der Waals surface area contributed by atoms with Gasteiger partial charge in [0.15, 0.2) is 5.52 Å². The molecule has 2 aliphatic rings. The molecule has 0 spiro atoms. The molecule has 0 saturated carbocycles. The Bertz CT molecular complexity index is 1930. The monoisotopic (exact) mass is 652 g/mol. The van der Waals surface area contributed by atoms with Gasteiger partial charge in [-0.1, -0.05) is 6.07 Å². The van der Waals surface area contributed by atoms with Crippen LogP contribution in [0.2, 0.25) is 0 Å². The number of anilines is 2. The van der Waals surface area contributed by atoms with Gasteiger partial charge >= 0.3 is 17.7 Å². The van der Waals surface area contributed by atoms with Crippen molar-refractivity contribution >= 4 is 50.1 Å². The Kier molecular flexibility index (Phi) is 8.14. The molecule has 2 aliphatic carbocycles. The number of carbonyl (C=O) groups is 2. The summed E-state index contributed by atoms with van der Waals surface area (Å²) in [5.74, 6) is -0.546. The fourth-order valence-corrected chi connectivity index (χ4v) is 6.90. The summed E-state index contributed by atoms with van der Waals surface area (Å²) in [6.45, 7) is 3.49. The number of nitro groups is 1. The van der Waals surface area contributed by atoms with Crippen LogP contribution in [0.4, 0.5) is 21.9 Å². The van der Waals surface area contributed by atoms with E-state index in [9.17, 15) is 28.1 Å². The zero-order valence-electron chi connectivity index (χ0n) is 25.2. The fourth-order valence-electron chi connectivity index (χ4n) is 6.05. The zero-order valence-corrected chi connectivity index (χ0v) is 26.0. The third kappa shape index (κ3) is 6.11. The van der Waals surface area contributed by atoms with Crippen molar-refractivity contribution < 1.29 is 36.7 Å². The first-order chi connectivity index (χ1) is 21.9. The predicted molar refractivity (Wildman–Crippen MR) is 164 cm³/mol. The average molecular weight is 653 g/mol. The summed E-state index contributed by atoms with van der Waals surface area (Å²) in [5, 5.41) is 23.8. The number of nitro benzene ring substituents is 1. The minimum atomic E-state index is -4.37. The summed E-state index contributed by atoms with van der Waals surface area (Å²) >= 11 is 0. The van der Waals surface area contributed by atoms with Crippen LogP contribution >= 0.6 is 0 Å². The molecule has 0 fully saturated rings. The topological polar surface area (TPSA) is 209 Å². The van der Waals surface area contributed by atoms with Crippen molar-refractivity contribution in [3.05, 3.63) is 68.5 Å². The Labute approximate surface area is 263 Å². The van der Waals surface area contributed by atoms with Crippen LogP contribution in [0.5, 0.6) is 0 Å². The first kappa shape index (κ1) is 31.0. The third-order valence-corrected chi connectivity index (χ3v) is 9.50. The number of benzene rings is 2. The minimum absolute atomic E-state index is 0.0102. The van der Waals surface area contributed by atoms with E-state index in [1.165, 1.54) is 35.6 Å². The van der Waals surface area contributed by atoms with Crippen molar-refractivity contribution in [1.82, 2.24) is 15.0 Å². The highest BCUT2D eigenvalue weighted by Gasteiger charge is 2.32. The number of furan rings is 1. The summed E-state index contributed by atoms with van der Waals surface area (Å²) in [6, 6.07) is 5.33. The van der Waals surface area contributed by atoms with E-state index in [1.54, 1.807) is 13.8 Å². The molecule has 0 saturated heterocycles. The second-order valence-electron chi connectivity index (χ2n) is 11.8. The highest BCUT2D eigenvalue weighted by atomic mass is 32.2. The molecular weight excluding hydrogens is 620 g/mol. The number of sulfonamides is 1. The molecule has 0 radical (unpaired) electrons. The van der Waals surface area contributed by atoms with E-state index in [0.29, 0.717) is 18.7 Å². The van der Waals surface area contributed by atoms with Crippen LogP contribution in [0.25, 0.3) is 11.0 Å².